The minimum atomic E-state index is -0.190. The number of rotatable bonds is 6. The number of carbonyl (C=O) groups is 1. The molecule has 6 nitrogen and oxygen atoms in total. The molecule has 0 aliphatic heterocycles. The zero-order chi connectivity index (χ0) is 17.2. The lowest BCUT2D eigenvalue weighted by Gasteiger charge is -2.11. The van der Waals surface area contributed by atoms with Crippen molar-refractivity contribution in [3.63, 3.8) is 0 Å². The van der Waals surface area contributed by atoms with Crippen molar-refractivity contribution >= 4 is 22.6 Å². The number of ether oxygens (including phenoxy) is 1. The summed E-state index contributed by atoms with van der Waals surface area (Å²) in [7, 11) is 0. The monoisotopic (exact) mass is 336 g/mol. The van der Waals surface area contributed by atoms with Crippen LogP contribution in [-0.2, 0) is 6.54 Å². The van der Waals surface area contributed by atoms with Gasteiger partial charge in [-0.2, -0.15) is 0 Å². The second-order valence-corrected chi connectivity index (χ2v) is 6.32. The first-order valence-corrected chi connectivity index (χ1v) is 8.45. The lowest BCUT2D eigenvalue weighted by atomic mass is 10.1. The molecular formula is C19H20N4O2. The molecule has 1 amide bonds. The van der Waals surface area contributed by atoms with Gasteiger partial charge in [-0.3, -0.25) is 4.79 Å². The number of amides is 1. The molecule has 1 aromatic heterocycles. The smallest absolute Gasteiger partial charge is 0.259 e. The van der Waals surface area contributed by atoms with Crippen LogP contribution in [0.15, 0.2) is 42.5 Å². The average molecular weight is 336 g/mol. The zero-order valence-electron chi connectivity index (χ0n) is 13.8. The third-order valence-electron chi connectivity index (χ3n) is 4.29. The van der Waals surface area contributed by atoms with E-state index in [0.717, 1.165) is 16.9 Å². The Kier molecular flexibility index (Phi) is 4.11. The Morgan fingerprint density at radius 2 is 2.12 bits per heavy atom. The molecule has 0 radical (unpaired) electrons. The fourth-order valence-corrected chi connectivity index (χ4v) is 2.71. The van der Waals surface area contributed by atoms with Crippen LogP contribution in [0.2, 0.25) is 0 Å². The minimum absolute atomic E-state index is 0.190. The van der Waals surface area contributed by atoms with Crippen molar-refractivity contribution in [2.45, 2.75) is 19.4 Å². The van der Waals surface area contributed by atoms with E-state index >= 15 is 0 Å². The summed E-state index contributed by atoms with van der Waals surface area (Å²) in [6.45, 7) is 1.02. The second-order valence-electron chi connectivity index (χ2n) is 6.32. The first kappa shape index (κ1) is 15.7. The molecule has 128 valence electrons. The number of nitrogens with two attached hydrogens (primary N) is 1. The van der Waals surface area contributed by atoms with Gasteiger partial charge in [0.1, 0.15) is 11.6 Å². The summed E-state index contributed by atoms with van der Waals surface area (Å²) in [4.78, 5) is 20.2. The largest absolute Gasteiger partial charge is 0.492 e. The number of aromatic nitrogens is 2. The van der Waals surface area contributed by atoms with Gasteiger partial charge in [-0.1, -0.05) is 12.1 Å². The Morgan fingerprint density at radius 1 is 1.28 bits per heavy atom. The van der Waals surface area contributed by atoms with E-state index in [1.807, 2.05) is 36.4 Å². The fraction of sp³-hybridized carbons (Fsp3) is 0.263. The topological polar surface area (TPSA) is 93.0 Å². The van der Waals surface area contributed by atoms with Crippen molar-refractivity contribution in [3.05, 3.63) is 53.9 Å². The molecular weight excluding hydrogens is 316 g/mol. The average Bonchev–Trinajstić information content (AvgIpc) is 3.37. The quantitative estimate of drug-likeness (QED) is 0.645. The zero-order valence-corrected chi connectivity index (χ0v) is 13.8. The van der Waals surface area contributed by atoms with Crippen molar-refractivity contribution in [1.29, 1.82) is 0 Å². The standard InChI is InChI=1S/C19H20N4O2/c20-10-18-22-15-8-7-13(9-16(15)23-18)21-19(24)14-3-1-2-4-17(14)25-11-12-5-6-12/h1-4,7-9,12H,5-6,10-11,20H2,(H,21,24)(H,22,23). The van der Waals surface area contributed by atoms with Crippen molar-refractivity contribution in [3.8, 4) is 5.75 Å². The summed E-state index contributed by atoms with van der Waals surface area (Å²) in [6.07, 6.45) is 2.42. The molecule has 1 saturated carbocycles. The highest BCUT2D eigenvalue weighted by molar-refractivity contribution is 6.06. The van der Waals surface area contributed by atoms with Crippen LogP contribution < -0.4 is 15.8 Å². The molecule has 0 spiro atoms. The van der Waals surface area contributed by atoms with Crippen molar-refractivity contribution in [1.82, 2.24) is 9.97 Å². The van der Waals surface area contributed by atoms with E-state index in [4.69, 9.17) is 10.5 Å². The number of H-pyrrole nitrogens is 1. The maximum absolute atomic E-state index is 12.7. The summed E-state index contributed by atoms with van der Waals surface area (Å²) in [5, 5.41) is 2.92. The summed E-state index contributed by atoms with van der Waals surface area (Å²) >= 11 is 0. The van der Waals surface area contributed by atoms with Gasteiger partial charge in [-0.15, -0.1) is 0 Å². The highest BCUT2D eigenvalue weighted by atomic mass is 16.5. The molecule has 1 fully saturated rings. The van der Waals surface area contributed by atoms with Crippen LogP contribution in [0.4, 0.5) is 5.69 Å². The van der Waals surface area contributed by atoms with Gasteiger partial charge in [0.15, 0.2) is 0 Å². The number of hydrogen-bond acceptors (Lipinski definition) is 4. The number of anilines is 1. The first-order chi connectivity index (χ1) is 12.2. The van der Waals surface area contributed by atoms with E-state index in [0.29, 0.717) is 36.1 Å². The predicted molar refractivity (Wildman–Crippen MR) is 96.6 cm³/mol. The molecule has 4 rings (SSSR count). The van der Waals surface area contributed by atoms with Crippen LogP contribution in [0.1, 0.15) is 29.0 Å². The van der Waals surface area contributed by atoms with Crippen molar-refractivity contribution in [2.75, 3.05) is 11.9 Å². The minimum Gasteiger partial charge on any atom is -0.492 e. The number of benzene rings is 2. The number of hydrogen-bond donors (Lipinski definition) is 3. The number of carbonyl (C=O) groups excluding carboxylic acids is 1. The molecule has 6 heteroatoms. The van der Waals surface area contributed by atoms with Crippen LogP contribution in [0.3, 0.4) is 0 Å². The molecule has 4 N–H and O–H groups in total. The van der Waals surface area contributed by atoms with Crippen LogP contribution in [0.5, 0.6) is 5.75 Å². The summed E-state index contributed by atoms with van der Waals surface area (Å²) in [5.74, 6) is 1.79. The Hall–Kier alpha value is -2.86. The number of para-hydroxylation sites is 1. The van der Waals surface area contributed by atoms with E-state index in [1.54, 1.807) is 6.07 Å². The van der Waals surface area contributed by atoms with E-state index in [9.17, 15) is 4.79 Å². The highest BCUT2D eigenvalue weighted by Gasteiger charge is 2.23. The van der Waals surface area contributed by atoms with Gasteiger partial charge in [0.2, 0.25) is 0 Å². The molecule has 1 aliphatic carbocycles. The molecule has 0 atom stereocenters. The van der Waals surface area contributed by atoms with Gasteiger partial charge in [0, 0.05) is 5.69 Å². The van der Waals surface area contributed by atoms with Gasteiger partial charge in [0.25, 0.3) is 5.91 Å². The molecule has 0 saturated heterocycles. The second kappa shape index (κ2) is 6.57. The molecule has 25 heavy (non-hydrogen) atoms. The van der Waals surface area contributed by atoms with Gasteiger partial charge >= 0.3 is 0 Å². The van der Waals surface area contributed by atoms with Crippen LogP contribution >= 0.6 is 0 Å². The lowest BCUT2D eigenvalue weighted by molar-refractivity contribution is 0.102. The molecule has 3 aromatic rings. The Labute approximate surface area is 145 Å². The van der Waals surface area contributed by atoms with E-state index < -0.39 is 0 Å². The maximum Gasteiger partial charge on any atom is 0.259 e. The Bertz CT molecular complexity index is 915. The predicted octanol–water partition coefficient (Wildman–Crippen LogP) is 3.06. The van der Waals surface area contributed by atoms with Crippen LogP contribution in [0.25, 0.3) is 11.0 Å². The fourth-order valence-electron chi connectivity index (χ4n) is 2.71. The van der Waals surface area contributed by atoms with Crippen molar-refractivity contribution < 1.29 is 9.53 Å². The van der Waals surface area contributed by atoms with E-state index in [2.05, 4.69) is 15.3 Å². The van der Waals surface area contributed by atoms with Gasteiger partial charge in [-0.25, -0.2) is 4.98 Å². The van der Waals surface area contributed by atoms with Crippen LogP contribution in [0, 0.1) is 5.92 Å². The Morgan fingerprint density at radius 3 is 2.92 bits per heavy atom. The van der Waals surface area contributed by atoms with E-state index in [1.165, 1.54) is 12.8 Å². The third-order valence-corrected chi connectivity index (χ3v) is 4.29. The summed E-state index contributed by atoms with van der Waals surface area (Å²) in [6, 6.07) is 12.9. The van der Waals surface area contributed by atoms with Gasteiger partial charge in [-0.05, 0) is 49.1 Å². The normalized spacial score (nSPS) is 13.8. The van der Waals surface area contributed by atoms with Crippen molar-refractivity contribution in [2.24, 2.45) is 11.7 Å². The number of nitrogens with one attached hydrogen (secondary N) is 2. The highest BCUT2D eigenvalue weighted by Crippen LogP contribution is 2.30. The van der Waals surface area contributed by atoms with Crippen LogP contribution in [-0.4, -0.2) is 22.5 Å². The third kappa shape index (κ3) is 3.49. The molecule has 0 bridgehead atoms. The molecule has 1 heterocycles. The number of aromatic amines is 1. The van der Waals surface area contributed by atoms with E-state index in [-0.39, 0.29) is 5.91 Å². The number of nitrogens with zero attached hydrogens (tertiary/aromatic N) is 1. The molecule has 0 unspecified atom stereocenters. The summed E-state index contributed by atoms with van der Waals surface area (Å²) in [5.41, 5.74) is 8.50. The SMILES string of the molecule is NCc1nc2ccc(NC(=O)c3ccccc3OCC3CC3)cc2[nH]1. The Balaban J connectivity index is 1.53. The van der Waals surface area contributed by atoms with Gasteiger partial charge < -0.3 is 20.8 Å². The molecule has 2 aromatic carbocycles. The van der Waals surface area contributed by atoms with Gasteiger partial charge in [0.05, 0.1) is 29.7 Å². The maximum atomic E-state index is 12.7. The molecule has 1 aliphatic rings. The number of imidazole rings is 1. The first-order valence-electron chi connectivity index (χ1n) is 8.45. The lowest BCUT2D eigenvalue weighted by Crippen LogP contribution is -2.14. The summed E-state index contributed by atoms with van der Waals surface area (Å²) < 4.78 is 5.82. The number of fused-ring (bicyclic) bond motifs is 1.